The molecule has 4 nitrogen and oxygen atoms in total. The maximum atomic E-state index is 12.3. The molecule has 0 radical (unpaired) electrons. The van der Waals surface area contributed by atoms with Crippen molar-refractivity contribution in [3.8, 4) is 0 Å². The van der Waals surface area contributed by atoms with Crippen LogP contribution in [0.15, 0.2) is 35.9 Å². The zero-order valence-corrected chi connectivity index (χ0v) is 16.2. The van der Waals surface area contributed by atoms with Crippen molar-refractivity contribution >= 4 is 13.2 Å². The van der Waals surface area contributed by atoms with Crippen molar-refractivity contribution < 1.29 is 31.5 Å². The van der Waals surface area contributed by atoms with Crippen LogP contribution in [0.5, 0.6) is 0 Å². The molecule has 0 aromatic heterocycles. The Kier molecular flexibility index (Phi) is 15.7. The maximum absolute atomic E-state index is 12.3. The summed E-state index contributed by atoms with van der Waals surface area (Å²) >= 11 is 0. The average Bonchev–Trinajstić information content (AvgIpc) is 2.81. The van der Waals surface area contributed by atoms with Gasteiger partial charge in [0.05, 0.1) is 6.54 Å². The van der Waals surface area contributed by atoms with Gasteiger partial charge in [0.25, 0.3) is 0 Å². The minimum absolute atomic E-state index is 0.228. The van der Waals surface area contributed by atoms with Crippen molar-refractivity contribution in [3.63, 3.8) is 0 Å². The van der Waals surface area contributed by atoms with Gasteiger partial charge in [-0.2, -0.15) is 13.2 Å². The normalized spacial score (nSPS) is 16.4. The van der Waals surface area contributed by atoms with Crippen LogP contribution in [0, 0.1) is 11.6 Å². The van der Waals surface area contributed by atoms with E-state index in [1.807, 2.05) is 26.7 Å². The van der Waals surface area contributed by atoms with Gasteiger partial charge in [0.2, 0.25) is 6.41 Å². The average molecular weight is 410 g/mol. The summed E-state index contributed by atoms with van der Waals surface area (Å²) in [5.41, 5.74) is 0.902. The Hall–Kier alpha value is -2.29. The first-order valence-corrected chi connectivity index (χ1v) is 8.54. The molecule has 1 N–H and O–H groups in total. The van der Waals surface area contributed by atoms with E-state index in [4.69, 9.17) is 4.79 Å². The van der Waals surface area contributed by atoms with Gasteiger partial charge < -0.3 is 10.1 Å². The van der Waals surface area contributed by atoms with E-state index in [-0.39, 0.29) is 12.6 Å². The number of rotatable bonds is 3. The Bertz CT molecular complexity index is 559. The van der Waals surface area contributed by atoms with Gasteiger partial charge in [-0.05, 0) is 25.5 Å². The second-order valence-electron chi connectivity index (χ2n) is 5.47. The highest BCUT2D eigenvalue weighted by atomic mass is 19.4. The standard InChI is InChI=1S/C10H15F3N2O.C6H4F2.C2H6.CH2O/c1-8-2-3-9(14-7-16)5-15(4-8)6-10(11,12)13;7-5-3-1-2-4-6(5)8;2*1-2/h2,7,9H,3-6H2,1H3,(H,14,16);1-4H;1-2H3;1H2. The summed E-state index contributed by atoms with van der Waals surface area (Å²) in [6, 6.07) is 4.80. The maximum Gasteiger partial charge on any atom is 0.401 e. The van der Waals surface area contributed by atoms with Crippen LogP contribution in [-0.2, 0) is 9.59 Å². The summed E-state index contributed by atoms with van der Waals surface area (Å²) in [6.07, 6.45) is -1.21. The van der Waals surface area contributed by atoms with E-state index >= 15 is 0 Å². The van der Waals surface area contributed by atoms with Crippen molar-refractivity contribution in [1.82, 2.24) is 10.2 Å². The Morgan fingerprint density at radius 3 is 2.07 bits per heavy atom. The van der Waals surface area contributed by atoms with Crippen LogP contribution in [0.4, 0.5) is 22.0 Å². The number of carbonyl (C=O) groups is 2. The fraction of sp³-hybridized carbons (Fsp3) is 0.474. The predicted octanol–water partition coefficient (Wildman–Crippen LogP) is 4.12. The van der Waals surface area contributed by atoms with Crippen LogP contribution >= 0.6 is 0 Å². The molecule has 160 valence electrons. The molecule has 9 heteroatoms. The van der Waals surface area contributed by atoms with Crippen molar-refractivity contribution in [3.05, 3.63) is 47.5 Å². The van der Waals surface area contributed by atoms with Gasteiger partial charge in [-0.3, -0.25) is 9.69 Å². The predicted molar refractivity (Wildman–Crippen MR) is 98.7 cm³/mol. The second kappa shape index (κ2) is 15.7. The minimum Gasteiger partial charge on any atom is -0.354 e. The molecule has 1 aliphatic rings. The van der Waals surface area contributed by atoms with Gasteiger partial charge in [-0.15, -0.1) is 0 Å². The number of carbonyl (C=O) groups excluding carboxylic acids is 2. The lowest BCUT2D eigenvalue weighted by Crippen LogP contribution is -2.43. The topological polar surface area (TPSA) is 49.4 Å². The van der Waals surface area contributed by atoms with Gasteiger partial charge in [0.1, 0.15) is 6.79 Å². The van der Waals surface area contributed by atoms with Gasteiger partial charge in [-0.25, -0.2) is 8.78 Å². The number of benzene rings is 1. The lowest BCUT2D eigenvalue weighted by atomic mass is 10.2. The molecular formula is C19H27F5N2O2. The molecule has 0 saturated heterocycles. The molecule has 1 unspecified atom stereocenters. The molecule has 1 amide bonds. The molecule has 0 fully saturated rings. The third-order valence-corrected chi connectivity index (χ3v) is 3.23. The summed E-state index contributed by atoms with van der Waals surface area (Å²) in [7, 11) is 0. The van der Waals surface area contributed by atoms with Gasteiger partial charge in [0.15, 0.2) is 11.6 Å². The first-order chi connectivity index (χ1) is 13.2. The Balaban J connectivity index is 0. The number of hydrogen-bond donors (Lipinski definition) is 1. The van der Waals surface area contributed by atoms with Crippen LogP contribution in [0.3, 0.4) is 0 Å². The number of nitrogens with zero attached hydrogens (tertiary/aromatic N) is 1. The quantitative estimate of drug-likeness (QED) is 0.463. The number of hydrogen-bond acceptors (Lipinski definition) is 3. The SMILES string of the molecule is C=O.CC.CC1=CCC(NC=O)CN(CC(F)(F)F)C1.Fc1ccccc1F. The molecule has 1 aromatic rings. The lowest BCUT2D eigenvalue weighted by molar-refractivity contribution is -0.145. The Labute approximate surface area is 162 Å². The van der Waals surface area contributed by atoms with Crippen LogP contribution in [-0.4, -0.2) is 50.0 Å². The van der Waals surface area contributed by atoms with E-state index in [1.54, 1.807) is 6.92 Å². The number of amides is 1. The smallest absolute Gasteiger partial charge is 0.354 e. The molecule has 0 spiro atoms. The molecule has 0 bridgehead atoms. The summed E-state index contributed by atoms with van der Waals surface area (Å²) in [5, 5.41) is 2.53. The second-order valence-corrected chi connectivity index (χ2v) is 5.47. The summed E-state index contributed by atoms with van der Waals surface area (Å²) in [5.74, 6) is -1.60. The Morgan fingerprint density at radius 2 is 1.68 bits per heavy atom. The van der Waals surface area contributed by atoms with E-state index in [1.165, 1.54) is 17.0 Å². The third-order valence-electron chi connectivity index (χ3n) is 3.23. The fourth-order valence-electron chi connectivity index (χ4n) is 2.24. The van der Waals surface area contributed by atoms with Crippen LogP contribution in [0.1, 0.15) is 27.2 Å². The van der Waals surface area contributed by atoms with Crippen molar-refractivity contribution in [2.75, 3.05) is 19.6 Å². The highest BCUT2D eigenvalue weighted by Crippen LogP contribution is 2.19. The minimum atomic E-state index is -4.20. The largest absolute Gasteiger partial charge is 0.401 e. The molecule has 1 aliphatic heterocycles. The highest BCUT2D eigenvalue weighted by molar-refractivity contribution is 5.46. The molecule has 0 aliphatic carbocycles. The first-order valence-electron chi connectivity index (χ1n) is 8.54. The van der Waals surface area contributed by atoms with Gasteiger partial charge in [0, 0.05) is 19.1 Å². The van der Waals surface area contributed by atoms with Gasteiger partial charge in [-0.1, -0.05) is 37.6 Å². The van der Waals surface area contributed by atoms with Crippen LogP contribution in [0.25, 0.3) is 0 Å². The molecular weight excluding hydrogens is 383 g/mol. The molecule has 28 heavy (non-hydrogen) atoms. The number of halogens is 5. The molecule has 1 aromatic carbocycles. The molecule has 1 heterocycles. The van der Waals surface area contributed by atoms with Gasteiger partial charge >= 0.3 is 6.18 Å². The zero-order chi connectivity index (χ0) is 22.2. The summed E-state index contributed by atoms with van der Waals surface area (Å²) < 4.78 is 60.7. The monoisotopic (exact) mass is 410 g/mol. The number of alkyl halides is 3. The lowest BCUT2D eigenvalue weighted by Gasteiger charge is -2.25. The highest BCUT2D eigenvalue weighted by Gasteiger charge is 2.32. The van der Waals surface area contributed by atoms with E-state index in [9.17, 15) is 26.7 Å². The summed E-state index contributed by atoms with van der Waals surface area (Å²) in [6.45, 7) is 7.39. The molecule has 1 atom stereocenters. The van der Waals surface area contributed by atoms with Crippen molar-refractivity contribution in [2.24, 2.45) is 0 Å². The van der Waals surface area contributed by atoms with E-state index in [2.05, 4.69) is 5.32 Å². The molecule has 0 saturated carbocycles. The zero-order valence-electron chi connectivity index (χ0n) is 16.2. The Morgan fingerprint density at radius 1 is 1.18 bits per heavy atom. The van der Waals surface area contributed by atoms with E-state index in [0.717, 1.165) is 17.7 Å². The van der Waals surface area contributed by atoms with E-state index < -0.39 is 24.4 Å². The van der Waals surface area contributed by atoms with Crippen molar-refractivity contribution in [2.45, 2.75) is 39.4 Å². The first kappa shape index (κ1) is 27.9. The fourth-order valence-corrected chi connectivity index (χ4v) is 2.24. The third kappa shape index (κ3) is 13.9. The molecule has 2 rings (SSSR count). The van der Waals surface area contributed by atoms with E-state index in [0.29, 0.717) is 19.4 Å². The van der Waals surface area contributed by atoms with Crippen LogP contribution in [0.2, 0.25) is 0 Å². The van der Waals surface area contributed by atoms with Crippen LogP contribution < -0.4 is 5.32 Å². The number of nitrogens with one attached hydrogen (secondary N) is 1. The van der Waals surface area contributed by atoms with Crippen molar-refractivity contribution in [1.29, 1.82) is 0 Å². The summed E-state index contributed by atoms with van der Waals surface area (Å²) in [4.78, 5) is 19.6.